The van der Waals surface area contributed by atoms with Crippen molar-refractivity contribution in [2.75, 3.05) is 13.3 Å². The molecule has 0 aromatic rings. The molecule has 10 N–H and O–H groups in total. The minimum absolute atomic E-state index is 0.561. The van der Waals surface area contributed by atoms with Crippen molar-refractivity contribution in [1.82, 2.24) is 0 Å². The van der Waals surface area contributed by atoms with E-state index in [1.54, 1.807) is 0 Å². The van der Waals surface area contributed by atoms with E-state index in [2.05, 4.69) is 0 Å². The van der Waals surface area contributed by atoms with Crippen LogP contribution in [0.25, 0.3) is 0 Å². The Morgan fingerprint density at radius 3 is 0.647 bits per heavy atom. The molecule has 0 aromatic heterocycles. The quantitative estimate of drug-likeness (QED) is 0.158. The number of rotatable bonds is 0. The van der Waals surface area contributed by atoms with Crippen molar-refractivity contribution in [1.29, 1.82) is 0 Å². The van der Waals surface area contributed by atoms with Gasteiger partial charge in [0.2, 0.25) is 0 Å². The van der Waals surface area contributed by atoms with Crippen molar-refractivity contribution >= 4 is 25.4 Å². The van der Waals surface area contributed by atoms with Crippen LogP contribution < -0.4 is 0 Å². The number of hydrogen-bond donors (Lipinski definition) is 10. The molecule has 0 unspecified atom stereocenters. The van der Waals surface area contributed by atoms with E-state index in [1.807, 2.05) is 0 Å². The monoisotopic (exact) mass is 326 g/mol. The van der Waals surface area contributed by atoms with Gasteiger partial charge in [-0.05, 0) is 0 Å². The van der Waals surface area contributed by atoms with Crippen LogP contribution in [0.2, 0.25) is 0 Å². The molecule has 0 bridgehead atoms. The van der Waals surface area contributed by atoms with Gasteiger partial charge in [0, 0.05) is 0 Å². The van der Waals surface area contributed by atoms with Gasteiger partial charge in [-0.15, -0.1) is 0 Å². The van der Waals surface area contributed by atoms with Crippen molar-refractivity contribution in [2.45, 2.75) is 0 Å². The summed E-state index contributed by atoms with van der Waals surface area (Å²) < 4.78 is 31.6. The van der Waals surface area contributed by atoms with Crippen LogP contribution in [0.4, 0.5) is 0 Å². The minimum atomic E-state index is -5.05. The van der Waals surface area contributed by atoms with Gasteiger partial charge in [0.05, 0.1) is 0 Å². The Hall–Kier alpha value is 0.410. The van der Waals surface area contributed by atoms with E-state index in [4.69, 9.17) is 56.7 Å². The third-order valence-corrected chi connectivity index (χ3v) is 0. The van der Waals surface area contributed by atoms with Crippen molar-refractivity contribution in [3.05, 3.63) is 0 Å². The molecule has 0 amide bonds. The van der Waals surface area contributed by atoms with Crippen molar-refractivity contribution in [3.8, 4) is 0 Å². The molecule has 0 saturated heterocycles. The molecule has 0 aliphatic rings. The van der Waals surface area contributed by atoms with E-state index >= 15 is 0 Å². The molecule has 0 radical (unpaired) electrons. The first-order valence-corrected chi connectivity index (χ1v) is 9.58. The Balaban J connectivity index is -0.000000174. The third kappa shape index (κ3) is 20300. The van der Waals surface area contributed by atoms with Crippen LogP contribution in [-0.2, 0) is 10.4 Å². The standard InChI is InChI=1S/2CH7O4P.H2O4S/c2*1-6(2,3,4)5;1-5(2,3)4/h2*2-5H,1H3;(H2,1,2,3,4). The first-order chi connectivity index (χ1) is 6.47. The normalized spacial score (nSPS) is 16.9. The molecule has 0 heterocycles. The van der Waals surface area contributed by atoms with Gasteiger partial charge in [-0.2, -0.15) is 8.42 Å². The fraction of sp³-hybridized carbons (Fsp3) is 1.00. The summed E-state index contributed by atoms with van der Waals surface area (Å²) in [5, 5.41) is 0. The average molecular weight is 326 g/mol. The molecule has 0 aliphatic carbocycles. The summed E-state index contributed by atoms with van der Waals surface area (Å²) in [4.78, 5) is 62.3. The predicted molar refractivity (Wildman–Crippen MR) is 57.6 cm³/mol. The van der Waals surface area contributed by atoms with Gasteiger partial charge in [0.1, 0.15) is 0 Å². The van der Waals surface area contributed by atoms with Gasteiger partial charge in [0.25, 0.3) is 0 Å². The second-order valence-corrected chi connectivity index (χ2v) is 9.36. The van der Waals surface area contributed by atoms with E-state index in [9.17, 15) is 0 Å². The molecule has 12 nitrogen and oxygen atoms in total. The first kappa shape index (κ1) is 22.6. The van der Waals surface area contributed by atoms with Crippen molar-refractivity contribution in [2.24, 2.45) is 0 Å². The summed E-state index contributed by atoms with van der Waals surface area (Å²) in [7, 11) is -14.8. The van der Waals surface area contributed by atoms with Crippen LogP contribution in [0.5, 0.6) is 0 Å². The molecule has 0 aliphatic heterocycles. The van der Waals surface area contributed by atoms with Gasteiger partial charge < -0.3 is 0 Å². The molecule has 0 aromatic carbocycles. The zero-order chi connectivity index (χ0) is 15.4. The Morgan fingerprint density at radius 1 is 0.647 bits per heavy atom. The third-order valence-electron chi connectivity index (χ3n) is 0. The molecule has 112 valence electrons. The summed E-state index contributed by atoms with van der Waals surface area (Å²) in [5.41, 5.74) is 0. The zero-order valence-electron chi connectivity index (χ0n) is 8.59. The summed E-state index contributed by atoms with van der Waals surface area (Å²) >= 11 is 0. The van der Waals surface area contributed by atoms with E-state index in [0.29, 0.717) is 13.3 Å². The maximum Gasteiger partial charge on any atom is 0.394 e. The molecular weight excluding hydrogens is 310 g/mol. The topological polar surface area (TPSA) is 236 Å². The summed E-state index contributed by atoms with van der Waals surface area (Å²) in [6.07, 6.45) is 0. The molecule has 0 spiro atoms. The Bertz CT molecular complexity index is 261. The molecule has 0 rings (SSSR count). The van der Waals surface area contributed by atoms with Gasteiger partial charge >= 0.3 is 77.9 Å². The first-order valence-electron chi connectivity index (χ1n) is 3.19. The molecule has 0 fully saturated rings. The van der Waals surface area contributed by atoms with Crippen molar-refractivity contribution in [3.63, 3.8) is 0 Å². The Morgan fingerprint density at radius 2 is 0.647 bits per heavy atom. The molecule has 0 saturated carbocycles. The van der Waals surface area contributed by atoms with Crippen LogP contribution >= 0.6 is 15.0 Å². The Kier molecular flexibility index (Phi) is 7.42. The van der Waals surface area contributed by atoms with E-state index in [1.165, 1.54) is 0 Å². The Labute approximate surface area is 96.1 Å². The second-order valence-electron chi connectivity index (χ2n) is 3.12. The van der Waals surface area contributed by atoms with Crippen LogP contribution in [0, 0.1) is 0 Å². The smallest absolute Gasteiger partial charge is 0.264 e. The molecule has 15 heteroatoms. The largest absolute Gasteiger partial charge is 0.394 e. The average Bonchev–Trinajstić information content (AvgIpc) is 1.33. The van der Waals surface area contributed by atoms with E-state index in [-0.39, 0.29) is 0 Å². The van der Waals surface area contributed by atoms with Crippen LogP contribution in [0.15, 0.2) is 0 Å². The second kappa shape index (κ2) is 5.59. The minimum Gasteiger partial charge on any atom is -0.264 e. The molecular formula is C2H16O12P2S. The van der Waals surface area contributed by atoms with Gasteiger partial charge in [0.15, 0.2) is 0 Å². The van der Waals surface area contributed by atoms with Gasteiger partial charge in [-0.25, -0.2) is 0 Å². The van der Waals surface area contributed by atoms with Crippen LogP contribution in [-0.4, -0.2) is 70.0 Å². The fourth-order valence-corrected chi connectivity index (χ4v) is 0. The van der Waals surface area contributed by atoms with Crippen LogP contribution in [0.1, 0.15) is 0 Å². The summed E-state index contributed by atoms with van der Waals surface area (Å²) in [6, 6.07) is 0. The van der Waals surface area contributed by atoms with Crippen LogP contribution in [0.3, 0.4) is 0 Å². The summed E-state index contributed by atoms with van der Waals surface area (Å²) in [5.74, 6) is 0. The zero-order valence-corrected chi connectivity index (χ0v) is 11.2. The van der Waals surface area contributed by atoms with Crippen molar-refractivity contribution < 1.29 is 56.7 Å². The van der Waals surface area contributed by atoms with E-state index in [0.717, 1.165) is 0 Å². The van der Waals surface area contributed by atoms with Gasteiger partial charge in [-0.3, -0.25) is 9.11 Å². The summed E-state index contributed by atoms with van der Waals surface area (Å²) in [6.45, 7) is 1.12. The maximum atomic E-state index is 8.74. The predicted octanol–water partition coefficient (Wildman–Crippen LogP) is -3.06. The maximum absolute atomic E-state index is 8.74. The molecule has 17 heavy (non-hydrogen) atoms. The number of hydrogen-bond acceptors (Lipinski definition) is 10. The van der Waals surface area contributed by atoms with Gasteiger partial charge in [-0.1, -0.05) is 0 Å². The molecule has 0 atom stereocenters. The van der Waals surface area contributed by atoms with E-state index < -0.39 is 25.4 Å². The fourth-order valence-electron chi connectivity index (χ4n) is 0. The SMILES string of the molecule is CP(O)(O)(O)O.CP(O)(O)(O)O.O=S(=O)(O)O.